The Kier molecular flexibility index (Phi) is 3.67. The smallest absolute Gasteiger partial charge is 0.267 e. The summed E-state index contributed by atoms with van der Waals surface area (Å²) in [6.45, 7) is 4.06. The average Bonchev–Trinajstić information content (AvgIpc) is 2.34. The van der Waals surface area contributed by atoms with Crippen molar-refractivity contribution in [1.82, 2.24) is 9.97 Å². The fourth-order valence-corrected chi connectivity index (χ4v) is 1.67. The lowest BCUT2D eigenvalue weighted by Gasteiger charge is -2.10. The second kappa shape index (κ2) is 5.23. The van der Waals surface area contributed by atoms with Gasteiger partial charge in [0.05, 0.1) is 7.11 Å². The molecule has 0 fully saturated rings. The van der Waals surface area contributed by atoms with Crippen molar-refractivity contribution in [3.8, 4) is 17.4 Å². The van der Waals surface area contributed by atoms with Crippen LogP contribution in [0.1, 0.15) is 11.1 Å². The number of hydrogen-bond donors (Lipinski definition) is 0. The summed E-state index contributed by atoms with van der Waals surface area (Å²) < 4.78 is 10.8. The molecule has 0 aliphatic carbocycles. The molecule has 0 amide bonds. The van der Waals surface area contributed by atoms with Crippen molar-refractivity contribution >= 4 is 11.6 Å². The van der Waals surface area contributed by atoms with Gasteiger partial charge in [0.1, 0.15) is 12.1 Å². The van der Waals surface area contributed by atoms with E-state index in [-0.39, 0.29) is 5.15 Å². The van der Waals surface area contributed by atoms with Crippen molar-refractivity contribution in [2.75, 3.05) is 7.11 Å². The summed E-state index contributed by atoms with van der Waals surface area (Å²) in [7, 11) is 1.50. The normalized spacial score (nSPS) is 10.2. The lowest BCUT2D eigenvalue weighted by atomic mass is 10.1. The highest BCUT2D eigenvalue weighted by Gasteiger charge is 2.12. The van der Waals surface area contributed by atoms with Gasteiger partial charge < -0.3 is 9.47 Å². The number of ether oxygens (including phenoxy) is 2. The molecular formula is C13H13ClN2O2. The number of aryl methyl sites for hydroxylation is 2. The van der Waals surface area contributed by atoms with Gasteiger partial charge in [-0.2, -0.15) is 4.98 Å². The number of aromatic nitrogens is 2. The van der Waals surface area contributed by atoms with Crippen LogP contribution < -0.4 is 9.47 Å². The largest absolute Gasteiger partial charge is 0.489 e. The molecule has 0 aliphatic rings. The maximum Gasteiger partial charge on any atom is 0.267 e. The number of methoxy groups -OCH3 is 1. The van der Waals surface area contributed by atoms with E-state index in [2.05, 4.69) is 9.97 Å². The molecule has 2 aromatic rings. The molecule has 0 radical (unpaired) electrons. The van der Waals surface area contributed by atoms with E-state index < -0.39 is 0 Å². The van der Waals surface area contributed by atoms with Crippen LogP contribution in [0.2, 0.25) is 5.15 Å². The summed E-state index contributed by atoms with van der Waals surface area (Å²) in [6.07, 6.45) is 1.33. The van der Waals surface area contributed by atoms with Crippen molar-refractivity contribution in [3.63, 3.8) is 0 Å². The van der Waals surface area contributed by atoms with E-state index in [1.165, 1.54) is 19.0 Å². The first-order valence-corrected chi connectivity index (χ1v) is 5.79. The second-order valence-electron chi connectivity index (χ2n) is 3.85. The van der Waals surface area contributed by atoms with Crippen molar-refractivity contribution in [2.24, 2.45) is 0 Å². The van der Waals surface area contributed by atoms with E-state index in [1.807, 2.05) is 32.0 Å². The molecule has 2 rings (SSSR count). The molecule has 1 heterocycles. The second-order valence-corrected chi connectivity index (χ2v) is 4.21. The van der Waals surface area contributed by atoms with Gasteiger partial charge in [-0.25, -0.2) is 4.98 Å². The first kappa shape index (κ1) is 12.6. The van der Waals surface area contributed by atoms with Crippen molar-refractivity contribution in [3.05, 3.63) is 40.8 Å². The van der Waals surface area contributed by atoms with E-state index in [0.29, 0.717) is 17.4 Å². The van der Waals surface area contributed by atoms with Gasteiger partial charge in [0.2, 0.25) is 5.75 Å². The Labute approximate surface area is 111 Å². The fourth-order valence-electron chi connectivity index (χ4n) is 1.47. The Morgan fingerprint density at radius 2 is 1.89 bits per heavy atom. The van der Waals surface area contributed by atoms with Crippen LogP contribution in [0.4, 0.5) is 0 Å². The summed E-state index contributed by atoms with van der Waals surface area (Å²) >= 11 is 5.90. The molecule has 1 aromatic heterocycles. The van der Waals surface area contributed by atoms with Crippen LogP contribution in [0.3, 0.4) is 0 Å². The quantitative estimate of drug-likeness (QED) is 0.796. The highest BCUT2D eigenvalue weighted by atomic mass is 35.5. The van der Waals surface area contributed by atoms with E-state index >= 15 is 0 Å². The van der Waals surface area contributed by atoms with Gasteiger partial charge in [0.15, 0.2) is 5.15 Å². The maximum atomic E-state index is 5.90. The van der Waals surface area contributed by atoms with Gasteiger partial charge in [-0.15, -0.1) is 0 Å². The molecule has 4 nitrogen and oxygen atoms in total. The Bertz CT molecular complexity index is 573. The summed E-state index contributed by atoms with van der Waals surface area (Å²) in [5.41, 5.74) is 2.35. The Balaban J connectivity index is 2.34. The lowest BCUT2D eigenvalue weighted by Crippen LogP contribution is -1.96. The molecule has 0 bridgehead atoms. The SMILES string of the molecule is COc1c(Cl)ncnc1Oc1ccc(C)c(C)c1. The molecule has 18 heavy (non-hydrogen) atoms. The Morgan fingerprint density at radius 3 is 2.56 bits per heavy atom. The number of nitrogens with zero attached hydrogens (tertiary/aromatic N) is 2. The molecule has 0 N–H and O–H groups in total. The van der Waals surface area contributed by atoms with E-state index in [1.54, 1.807) is 0 Å². The molecule has 94 valence electrons. The fraction of sp³-hybridized carbons (Fsp3) is 0.231. The van der Waals surface area contributed by atoms with Gasteiger partial charge in [0, 0.05) is 0 Å². The van der Waals surface area contributed by atoms with Crippen LogP contribution in [0.25, 0.3) is 0 Å². The standard InChI is InChI=1S/C13H13ClN2O2/c1-8-4-5-10(6-9(8)2)18-13-11(17-3)12(14)15-7-16-13/h4-7H,1-3H3. The van der Waals surface area contributed by atoms with Crippen molar-refractivity contribution in [2.45, 2.75) is 13.8 Å². The number of benzene rings is 1. The maximum absolute atomic E-state index is 5.90. The first-order chi connectivity index (χ1) is 8.61. The monoisotopic (exact) mass is 264 g/mol. The molecule has 0 aliphatic heterocycles. The zero-order chi connectivity index (χ0) is 13.1. The zero-order valence-corrected chi connectivity index (χ0v) is 11.2. The van der Waals surface area contributed by atoms with Crippen LogP contribution in [0, 0.1) is 13.8 Å². The third-order valence-corrected chi connectivity index (χ3v) is 2.89. The summed E-state index contributed by atoms with van der Waals surface area (Å²) in [6, 6.07) is 5.79. The zero-order valence-electron chi connectivity index (χ0n) is 10.4. The van der Waals surface area contributed by atoms with Gasteiger partial charge in [0.25, 0.3) is 5.88 Å². The number of hydrogen-bond acceptors (Lipinski definition) is 4. The summed E-state index contributed by atoms with van der Waals surface area (Å²) in [4.78, 5) is 7.85. The molecule has 0 spiro atoms. The Hall–Kier alpha value is -1.81. The minimum absolute atomic E-state index is 0.228. The van der Waals surface area contributed by atoms with Crippen LogP contribution in [-0.2, 0) is 0 Å². The first-order valence-electron chi connectivity index (χ1n) is 5.41. The van der Waals surface area contributed by atoms with Crippen LogP contribution >= 0.6 is 11.6 Å². The molecular weight excluding hydrogens is 252 g/mol. The number of rotatable bonds is 3. The highest BCUT2D eigenvalue weighted by Crippen LogP contribution is 2.33. The topological polar surface area (TPSA) is 44.2 Å². The van der Waals surface area contributed by atoms with Crippen LogP contribution in [0.5, 0.6) is 17.4 Å². The third-order valence-electron chi connectivity index (χ3n) is 2.62. The molecule has 1 aromatic carbocycles. The van der Waals surface area contributed by atoms with E-state index in [9.17, 15) is 0 Å². The molecule has 0 atom stereocenters. The van der Waals surface area contributed by atoms with Crippen molar-refractivity contribution < 1.29 is 9.47 Å². The minimum Gasteiger partial charge on any atom is -0.489 e. The van der Waals surface area contributed by atoms with Gasteiger partial charge >= 0.3 is 0 Å². The molecule has 5 heteroatoms. The summed E-state index contributed by atoms with van der Waals surface area (Å²) in [5, 5.41) is 0.228. The predicted molar refractivity (Wildman–Crippen MR) is 69.6 cm³/mol. The van der Waals surface area contributed by atoms with Crippen LogP contribution in [-0.4, -0.2) is 17.1 Å². The lowest BCUT2D eigenvalue weighted by molar-refractivity contribution is 0.367. The van der Waals surface area contributed by atoms with Gasteiger partial charge in [-0.1, -0.05) is 17.7 Å². The van der Waals surface area contributed by atoms with E-state index in [0.717, 1.165) is 5.56 Å². The van der Waals surface area contributed by atoms with Crippen molar-refractivity contribution in [1.29, 1.82) is 0 Å². The minimum atomic E-state index is 0.228. The predicted octanol–water partition coefficient (Wildman–Crippen LogP) is 3.55. The third kappa shape index (κ3) is 2.54. The van der Waals surface area contributed by atoms with Gasteiger partial charge in [-0.05, 0) is 37.1 Å². The Morgan fingerprint density at radius 1 is 1.11 bits per heavy atom. The van der Waals surface area contributed by atoms with Crippen LogP contribution in [0.15, 0.2) is 24.5 Å². The average molecular weight is 265 g/mol. The highest BCUT2D eigenvalue weighted by molar-refractivity contribution is 6.31. The molecule has 0 saturated carbocycles. The molecule has 0 saturated heterocycles. The number of halogens is 1. The summed E-state index contributed by atoms with van der Waals surface area (Å²) in [5.74, 6) is 1.32. The molecule has 0 unspecified atom stereocenters. The van der Waals surface area contributed by atoms with E-state index in [4.69, 9.17) is 21.1 Å². The van der Waals surface area contributed by atoms with Gasteiger partial charge in [-0.3, -0.25) is 0 Å².